The summed E-state index contributed by atoms with van der Waals surface area (Å²) >= 11 is 0. The molecule has 3 aromatic carbocycles. The third-order valence-corrected chi connectivity index (χ3v) is 9.17. The molecule has 4 aromatic rings. The third-order valence-electron chi connectivity index (χ3n) is 7.58. The van der Waals surface area contributed by atoms with E-state index in [1.54, 1.807) is 6.20 Å². The smallest absolute Gasteiger partial charge is 0.224 e. The van der Waals surface area contributed by atoms with Crippen LogP contribution < -0.4 is 10.6 Å². The quantitative estimate of drug-likeness (QED) is 0.227. The van der Waals surface area contributed by atoms with Crippen LogP contribution in [0.2, 0.25) is 0 Å². The molecule has 1 amide bonds. The molecule has 2 heterocycles. The summed E-state index contributed by atoms with van der Waals surface area (Å²) < 4.78 is 53.1. The first-order chi connectivity index (χ1) is 19.6. The van der Waals surface area contributed by atoms with E-state index < -0.39 is 39.7 Å². The molecule has 216 valence electrons. The summed E-state index contributed by atoms with van der Waals surface area (Å²) in [5.74, 6) is -2.04. The van der Waals surface area contributed by atoms with Gasteiger partial charge in [0.15, 0.2) is 9.84 Å². The maximum Gasteiger partial charge on any atom is 0.224 e. The molecule has 41 heavy (non-hydrogen) atoms. The van der Waals surface area contributed by atoms with E-state index >= 15 is 0 Å². The minimum atomic E-state index is -3.36. The van der Waals surface area contributed by atoms with E-state index in [4.69, 9.17) is 0 Å². The molecule has 7 nitrogen and oxygen atoms in total. The predicted octanol–water partition coefficient (Wildman–Crippen LogP) is 3.90. The van der Waals surface area contributed by atoms with Crippen molar-refractivity contribution in [3.63, 3.8) is 0 Å². The van der Waals surface area contributed by atoms with Gasteiger partial charge in [0.1, 0.15) is 11.6 Å². The van der Waals surface area contributed by atoms with Crippen molar-refractivity contribution in [2.45, 2.75) is 50.1 Å². The number of rotatable bonds is 10. The highest BCUT2D eigenvalue weighted by atomic mass is 32.2. The second-order valence-corrected chi connectivity index (χ2v) is 12.8. The van der Waals surface area contributed by atoms with Gasteiger partial charge in [-0.05, 0) is 58.9 Å². The van der Waals surface area contributed by atoms with Crippen LogP contribution in [0.4, 0.5) is 8.78 Å². The van der Waals surface area contributed by atoms with Gasteiger partial charge in [-0.15, -0.1) is 0 Å². The van der Waals surface area contributed by atoms with E-state index in [1.165, 1.54) is 0 Å². The number of carbonyl (C=O) groups is 1. The average molecular weight is 582 g/mol. The summed E-state index contributed by atoms with van der Waals surface area (Å²) in [5.41, 5.74) is 4.61. The molecule has 0 spiro atoms. The number of aromatic amines is 1. The van der Waals surface area contributed by atoms with E-state index in [2.05, 4.69) is 15.6 Å². The number of para-hydroxylation sites is 1. The fraction of sp³-hybridized carbons (Fsp3) is 0.323. The number of aliphatic hydroxyl groups excluding tert-OH is 1. The van der Waals surface area contributed by atoms with Crippen LogP contribution in [0.15, 0.2) is 66.9 Å². The van der Waals surface area contributed by atoms with Crippen molar-refractivity contribution < 1.29 is 27.1 Å². The Morgan fingerprint density at radius 3 is 2.59 bits per heavy atom. The lowest BCUT2D eigenvalue weighted by Crippen LogP contribution is -2.50. The zero-order valence-electron chi connectivity index (χ0n) is 22.7. The van der Waals surface area contributed by atoms with Crippen molar-refractivity contribution in [1.29, 1.82) is 0 Å². The van der Waals surface area contributed by atoms with E-state index in [0.29, 0.717) is 0 Å². The maximum absolute atomic E-state index is 13.9. The lowest BCUT2D eigenvalue weighted by atomic mass is 9.97. The summed E-state index contributed by atoms with van der Waals surface area (Å²) in [7, 11) is -3.36. The predicted molar refractivity (Wildman–Crippen MR) is 154 cm³/mol. The van der Waals surface area contributed by atoms with Crippen LogP contribution in [-0.4, -0.2) is 48.9 Å². The second kappa shape index (κ2) is 12.1. The molecule has 0 saturated heterocycles. The zero-order chi connectivity index (χ0) is 29.1. The van der Waals surface area contributed by atoms with Crippen molar-refractivity contribution in [2.75, 3.05) is 12.3 Å². The average Bonchev–Trinajstić information content (AvgIpc) is 3.32. The Morgan fingerprint density at radius 1 is 1.07 bits per heavy atom. The van der Waals surface area contributed by atoms with Crippen molar-refractivity contribution in [2.24, 2.45) is 0 Å². The molecule has 3 atom stereocenters. The molecule has 1 aliphatic rings. The lowest BCUT2D eigenvalue weighted by Gasteiger charge is -2.30. The summed E-state index contributed by atoms with van der Waals surface area (Å²) in [5, 5.41) is 18.2. The summed E-state index contributed by atoms with van der Waals surface area (Å²) in [6, 6.07) is 15.0. The van der Waals surface area contributed by atoms with Gasteiger partial charge in [0.2, 0.25) is 5.91 Å². The van der Waals surface area contributed by atoms with Gasteiger partial charge in [0, 0.05) is 35.8 Å². The number of halogens is 2. The molecule has 0 radical (unpaired) electrons. The Morgan fingerprint density at radius 2 is 1.83 bits per heavy atom. The van der Waals surface area contributed by atoms with Crippen LogP contribution in [0, 0.1) is 11.6 Å². The molecule has 0 aliphatic carbocycles. The van der Waals surface area contributed by atoms with Crippen molar-refractivity contribution >= 4 is 26.6 Å². The first kappa shape index (κ1) is 28.9. The van der Waals surface area contributed by atoms with Gasteiger partial charge in [-0.3, -0.25) is 4.79 Å². The third kappa shape index (κ3) is 7.01. The molecule has 0 saturated carbocycles. The first-order valence-electron chi connectivity index (χ1n) is 13.6. The van der Waals surface area contributed by atoms with Crippen LogP contribution in [0.5, 0.6) is 0 Å². The van der Waals surface area contributed by atoms with Crippen molar-refractivity contribution in [3.8, 4) is 0 Å². The van der Waals surface area contributed by atoms with E-state index in [0.717, 1.165) is 57.8 Å². The summed E-state index contributed by atoms with van der Waals surface area (Å²) in [6.45, 7) is 1.97. The first-order valence-corrected chi connectivity index (χ1v) is 15.4. The monoisotopic (exact) mass is 581 g/mol. The molecular formula is C31H33F2N3O4S. The number of aromatic nitrogens is 1. The fourth-order valence-electron chi connectivity index (χ4n) is 5.51. The molecule has 1 aromatic heterocycles. The molecule has 5 rings (SSSR count). The summed E-state index contributed by atoms with van der Waals surface area (Å²) in [4.78, 5) is 16.3. The number of hydrogen-bond donors (Lipinski definition) is 4. The van der Waals surface area contributed by atoms with Gasteiger partial charge in [0.25, 0.3) is 0 Å². The number of fused-ring (bicyclic) bond motifs is 2. The number of benzene rings is 3. The molecule has 0 bridgehead atoms. The van der Waals surface area contributed by atoms with Gasteiger partial charge in [-0.25, -0.2) is 17.2 Å². The highest BCUT2D eigenvalue weighted by molar-refractivity contribution is 7.90. The Hall–Kier alpha value is -3.60. The molecule has 1 aliphatic heterocycles. The highest BCUT2D eigenvalue weighted by Crippen LogP contribution is 2.29. The normalized spacial score (nSPS) is 17.6. The Bertz CT molecular complexity index is 1650. The molecule has 4 N–H and O–H groups in total. The number of nitrogens with one attached hydrogen (secondary N) is 3. The maximum atomic E-state index is 13.9. The van der Waals surface area contributed by atoms with Gasteiger partial charge in [-0.1, -0.05) is 43.3 Å². The zero-order valence-corrected chi connectivity index (χ0v) is 23.5. The standard InChI is InChI=1S/C31H33F2N3O4S/c1-2-19-7-8-21-17-41(39,40)18-29(26(21)11-19)35-16-30(37)28(12-20-9-23(32)14-24(33)10-20)36-31(38)13-22-15-34-27-6-4-3-5-25(22)27/h3-11,14-15,28-30,34-35,37H,2,12-13,16-18H2,1H3,(H,36,38)/t28-,29-,30+/m0/s1. The Kier molecular flexibility index (Phi) is 8.53. The van der Waals surface area contributed by atoms with Crippen molar-refractivity contribution in [3.05, 3.63) is 106 Å². The molecule has 10 heteroatoms. The fourth-order valence-corrected chi connectivity index (χ4v) is 7.17. The van der Waals surface area contributed by atoms with Crippen LogP contribution in [-0.2, 0) is 39.6 Å². The largest absolute Gasteiger partial charge is 0.390 e. The van der Waals surface area contributed by atoms with Gasteiger partial charge in [0.05, 0.1) is 30.1 Å². The van der Waals surface area contributed by atoms with Gasteiger partial charge in [-0.2, -0.15) is 0 Å². The molecular weight excluding hydrogens is 548 g/mol. The Labute approximate surface area is 237 Å². The minimum absolute atomic E-state index is 0.0311. The number of amides is 1. The number of aryl methyl sites for hydroxylation is 1. The number of aliphatic hydroxyl groups is 1. The van der Waals surface area contributed by atoms with E-state index in [9.17, 15) is 27.1 Å². The highest BCUT2D eigenvalue weighted by Gasteiger charge is 2.31. The van der Waals surface area contributed by atoms with Crippen molar-refractivity contribution in [1.82, 2.24) is 15.6 Å². The topological polar surface area (TPSA) is 111 Å². The lowest BCUT2D eigenvalue weighted by molar-refractivity contribution is -0.122. The SMILES string of the molecule is CCc1ccc2c(c1)[C@@H](NC[C@@H](O)[C@H](Cc1cc(F)cc(F)c1)NC(=O)Cc1c[nH]c3ccccc13)CS(=O)(=O)C2. The van der Waals surface area contributed by atoms with E-state index in [-0.39, 0.29) is 42.4 Å². The van der Waals surface area contributed by atoms with Crippen LogP contribution >= 0.6 is 0 Å². The number of hydrogen-bond acceptors (Lipinski definition) is 5. The number of H-pyrrole nitrogens is 1. The summed E-state index contributed by atoms with van der Waals surface area (Å²) in [6.07, 6.45) is 1.37. The van der Waals surface area contributed by atoms with Crippen LogP contribution in [0.1, 0.15) is 40.8 Å². The number of sulfone groups is 1. The Balaban J connectivity index is 1.34. The molecule has 0 fully saturated rings. The van der Waals surface area contributed by atoms with Gasteiger partial charge < -0.3 is 20.7 Å². The van der Waals surface area contributed by atoms with Crippen LogP contribution in [0.3, 0.4) is 0 Å². The second-order valence-electron chi connectivity index (χ2n) is 10.7. The van der Waals surface area contributed by atoms with Gasteiger partial charge >= 0.3 is 0 Å². The minimum Gasteiger partial charge on any atom is -0.390 e. The number of carbonyl (C=O) groups excluding carboxylic acids is 1. The van der Waals surface area contributed by atoms with E-state index in [1.807, 2.05) is 49.4 Å². The molecule has 0 unspecified atom stereocenters. The van der Waals surface area contributed by atoms with Crippen LogP contribution in [0.25, 0.3) is 10.9 Å².